The molecule has 0 saturated heterocycles. The molecular weight excluding hydrogens is 329 g/mol. The Bertz CT molecular complexity index is 716. The average Bonchev–Trinajstić information content (AvgIpc) is 2.92. The molecule has 1 amide bonds. The number of amides is 1. The predicted octanol–water partition coefficient (Wildman–Crippen LogP) is 2.83. The van der Waals surface area contributed by atoms with Crippen molar-refractivity contribution in [2.75, 3.05) is 13.1 Å². The lowest BCUT2D eigenvalue weighted by Crippen LogP contribution is -2.37. The molecule has 3 heterocycles. The Morgan fingerprint density at radius 2 is 2.13 bits per heavy atom. The third-order valence-electron chi connectivity index (χ3n) is 3.61. The number of nitrogens with zero attached hydrogens (tertiary/aromatic N) is 3. The van der Waals surface area contributed by atoms with Gasteiger partial charge in [-0.15, -0.1) is 0 Å². The third kappa shape index (κ3) is 3.61. The molecule has 9 heteroatoms. The molecular formula is C14H15F3N4OS. The van der Waals surface area contributed by atoms with E-state index in [2.05, 4.69) is 9.71 Å². The molecule has 5 nitrogen and oxygen atoms in total. The van der Waals surface area contributed by atoms with Crippen molar-refractivity contribution < 1.29 is 18.0 Å². The van der Waals surface area contributed by atoms with Crippen molar-refractivity contribution in [2.24, 2.45) is 0 Å². The van der Waals surface area contributed by atoms with E-state index in [1.165, 1.54) is 0 Å². The Morgan fingerprint density at radius 3 is 2.91 bits per heavy atom. The van der Waals surface area contributed by atoms with E-state index in [4.69, 9.17) is 0 Å². The van der Waals surface area contributed by atoms with Gasteiger partial charge in [0.05, 0.1) is 12.7 Å². The molecule has 1 aliphatic heterocycles. The number of aromatic nitrogens is 2. The van der Waals surface area contributed by atoms with Gasteiger partial charge in [-0.05, 0) is 25.0 Å². The van der Waals surface area contributed by atoms with E-state index in [0.717, 1.165) is 11.3 Å². The van der Waals surface area contributed by atoms with Crippen molar-refractivity contribution in [1.82, 2.24) is 19.0 Å². The van der Waals surface area contributed by atoms with E-state index >= 15 is 0 Å². The largest absolute Gasteiger partial charge is 0.456 e. The van der Waals surface area contributed by atoms with Crippen molar-refractivity contribution in [3.63, 3.8) is 0 Å². The normalized spacial score (nSPS) is 14.7. The lowest BCUT2D eigenvalue weighted by Gasteiger charge is -2.27. The van der Waals surface area contributed by atoms with Gasteiger partial charge in [0.2, 0.25) is 0 Å². The third-order valence-corrected chi connectivity index (χ3v) is 4.19. The number of hydrogen-bond donors (Lipinski definition) is 1. The summed E-state index contributed by atoms with van der Waals surface area (Å²) in [5, 5.41) is 0. The molecule has 2 aromatic heterocycles. The van der Waals surface area contributed by atoms with E-state index in [-0.39, 0.29) is 24.4 Å². The molecule has 1 aliphatic rings. The summed E-state index contributed by atoms with van der Waals surface area (Å²) < 4.78 is 40.0. The number of imidazole rings is 1. The van der Waals surface area contributed by atoms with Crippen LogP contribution in [0.1, 0.15) is 29.0 Å². The molecule has 0 atom stereocenters. The van der Waals surface area contributed by atoms with Crippen molar-refractivity contribution in [3.8, 4) is 0 Å². The minimum Gasteiger partial charge on any atom is -0.331 e. The monoisotopic (exact) mass is 344 g/mol. The number of carbonyl (C=O) groups is 1. The van der Waals surface area contributed by atoms with E-state index in [0.29, 0.717) is 31.6 Å². The Morgan fingerprint density at radius 1 is 1.30 bits per heavy atom. The minimum atomic E-state index is -4.26. The van der Waals surface area contributed by atoms with Gasteiger partial charge in [-0.25, -0.2) is 4.98 Å². The van der Waals surface area contributed by atoms with Gasteiger partial charge < -0.3 is 4.90 Å². The Hall–Kier alpha value is -1.74. The maximum Gasteiger partial charge on any atom is 0.456 e. The highest BCUT2D eigenvalue weighted by atomic mass is 32.2. The van der Waals surface area contributed by atoms with Crippen LogP contribution in [0.15, 0.2) is 24.4 Å². The lowest BCUT2D eigenvalue weighted by molar-refractivity contribution is -0.0335. The number of nitrogens with one attached hydrogen (secondary N) is 1. The maximum atomic E-state index is 12.4. The standard InChI is InChI=1S/C14H15F3N4OS/c15-14(16,17)23-19-6-1-2-7-20-9-10-4-3-5-12-18-8-11(13(20)22)21(10)12/h3-5,8,19H,1-2,6-7,9H2. The first-order valence-electron chi connectivity index (χ1n) is 7.18. The summed E-state index contributed by atoms with van der Waals surface area (Å²) in [5.41, 5.74) is -1.99. The molecule has 0 bridgehead atoms. The second-order valence-corrected chi connectivity index (χ2v) is 6.19. The van der Waals surface area contributed by atoms with Crippen LogP contribution in [0.25, 0.3) is 5.65 Å². The summed E-state index contributed by atoms with van der Waals surface area (Å²) in [6.45, 7) is 1.25. The number of alkyl halides is 3. The number of rotatable bonds is 6. The van der Waals surface area contributed by atoms with Crippen LogP contribution in [0.2, 0.25) is 0 Å². The van der Waals surface area contributed by atoms with Gasteiger partial charge in [-0.3, -0.25) is 13.9 Å². The number of pyridine rings is 1. The average molecular weight is 344 g/mol. The molecule has 0 spiro atoms. The summed E-state index contributed by atoms with van der Waals surface area (Å²) in [7, 11) is 0. The highest BCUT2D eigenvalue weighted by Gasteiger charge is 2.28. The van der Waals surface area contributed by atoms with Crippen LogP contribution in [-0.2, 0) is 6.54 Å². The van der Waals surface area contributed by atoms with Gasteiger partial charge in [0.15, 0.2) is 0 Å². The second-order valence-electron chi connectivity index (χ2n) is 5.23. The number of carbonyl (C=O) groups excluding carboxylic acids is 1. The van der Waals surface area contributed by atoms with Crippen LogP contribution in [0.3, 0.4) is 0 Å². The number of hydrogen-bond acceptors (Lipinski definition) is 4. The van der Waals surface area contributed by atoms with E-state index < -0.39 is 5.51 Å². The highest BCUT2D eigenvalue weighted by Crippen LogP contribution is 2.27. The molecule has 0 saturated carbocycles. The quantitative estimate of drug-likeness (QED) is 0.647. The van der Waals surface area contributed by atoms with Crippen LogP contribution in [0.4, 0.5) is 13.2 Å². The molecule has 2 aromatic rings. The number of halogens is 3. The first kappa shape index (κ1) is 16.1. The minimum absolute atomic E-state index is 0.0891. The first-order valence-corrected chi connectivity index (χ1v) is 7.99. The van der Waals surface area contributed by atoms with Crippen LogP contribution in [0, 0.1) is 0 Å². The number of unbranched alkanes of at least 4 members (excludes halogenated alkanes) is 1. The fraction of sp³-hybridized carbons (Fsp3) is 0.429. The van der Waals surface area contributed by atoms with Crippen molar-refractivity contribution in [1.29, 1.82) is 0 Å². The fourth-order valence-electron chi connectivity index (χ4n) is 2.62. The summed E-state index contributed by atoms with van der Waals surface area (Å²) in [4.78, 5) is 18.3. The van der Waals surface area contributed by atoms with Crippen molar-refractivity contribution in [3.05, 3.63) is 35.8 Å². The summed E-state index contributed by atoms with van der Waals surface area (Å²) >= 11 is -0.234. The fourth-order valence-corrected chi connectivity index (χ4v) is 3.03. The van der Waals surface area contributed by atoms with Crippen molar-refractivity contribution >= 4 is 23.5 Å². The zero-order valence-corrected chi connectivity index (χ0v) is 13.0. The topological polar surface area (TPSA) is 49.6 Å². The molecule has 0 aromatic carbocycles. The molecule has 23 heavy (non-hydrogen) atoms. The Balaban J connectivity index is 1.52. The maximum absolute atomic E-state index is 12.4. The van der Waals surface area contributed by atoms with E-state index in [9.17, 15) is 18.0 Å². The van der Waals surface area contributed by atoms with Gasteiger partial charge in [-0.2, -0.15) is 13.2 Å². The molecule has 0 aliphatic carbocycles. The molecule has 0 radical (unpaired) electrons. The van der Waals surface area contributed by atoms with Gasteiger partial charge in [0.1, 0.15) is 11.3 Å². The molecule has 124 valence electrons. The Labute approximate surface area is 135 Å². The zero-order valence-electron chi connectivity index (χ0n) is 12.1. The molecule has 3 rings (SSSR count). The van der Waals surface area contributed by atoms with E-state index in [1.54, 1.807) is 11.1 Å². The highest BCUT2D eigenvalue weighted by molar-refractivity contribution is 7.98. The smallest absolute Gasteiger partial charge is 0.331 e. The Kier molecular flexibility index (Phi) is 4.49. The van der Waals surface area contributed by atoms with Gasteiger partial charge >= 0.3 is 5.51 Å². The van der Waals surface area contributed by atoms with Crippen LogP contribution in [0.5, 0.6) is 0 Å². The first-order chi connectivity index (χ1) is 11.0. The second kappa shape index (κ2) is 6.40. The predicted molar refractivity (Wildman–Crippen MR) is 80.8 cm³/mol. The van der Waals surface area contributed by atoms with Gasteiger partial charge in [0, 0.05) is 30.7 Å². The van der Waals surface area contributed by atoms with Crippen LogP contribution >= 0.6 is 11.9 Å². The van der Waals surface area contributed by atoms with Crippen molar-refractivity contribution in [2.45, 2.75) is 24.9 Å². The zero-order chi connectivity index (χ0) is 16.4. The van der Waals surface area contributed by atoms with Gasteiger partial charge in [0.25, 0.3) is 5.91 Å². The molecule has 1 N–H and O–H groups in total. The van der Waals surface area contributed by atoms with E-state index in [1.807, 2.05) is 22.6 Å². The molecule has 0 fully saturated rings. The summed E-state index contributed by atoms with van der Waals surface area (Å²) in [6, 6.07) is 5.69. The molecule has 0 unspecified atom stereocenters. The van der Waals surface area contributed by atoms with Crippen LogP contribution < -0.4 is 4.72 Å². The summed E-state index contributed by atoms with van der Waals surface area (Å²) in [6.07, 6.45) is 2.77. The van der Waals surface area contributed by atoms with Crippen LogP contribution in [-0.4, -0.2) is 38.8 Å². The SMILES string of the molecule is O=C1c2cnc3cccc(n23)CN1CCCCNSC(F)(F)F. The lowest BCUT2D eigenvalue weighted by atomic mass is 10.2. The van der Waals surface area contributed by atoms with Gasteiger partial charge in [-0.1, -0.05) is 6.07 Å². The summed E-state index contributed by atoms with van der Waals surface area (Å²) in [5.74, 6) is -0.0891.